The number of nitrogens with two attached hydrogens (primary N) is 1. The topological polar surface area (TPSA) is 71.9 Å². The van der Waals surface area contributed by atoms with E-state index in [0.29, 0.717) is 6.20 Å². The molecule has 0 spiro atoms. The van der Waals surface area contributed by atoms with Crippen LogP contribution < -0.4 is 10.5 Å². The second kappa shape index (κ2) is 5.54. The molecule has 0 aliphatic carbocycles. The number of pyridine rings is 1. The Balaban J connectivity index is 3.57. The van der Waals surface area contributed by atoms with E-state index in [-0.39, 0.29) is 0 Å². The Morgan fingerprint density at radius 2 is 1.85 bits per heavy atom. The molecule has 0 aliphatic rings. The second-order valence-corrected chi connectivity index (χ2v) is 3.52. The fourth-order valence-electron chi connectivity index (χ4n) is 1.46. The summed E-state index contributed by atoms with van der Waals surface area (Å²) in [5.74, 6) is -1.48. The first-order chi connectivity index (χ1) is 9.10. The summed E-state index contributed by atoms with van der Waals surface area (Å²) in [6.45, 7) is -0.726. The Morgan fingerprint density at radius 1 is 1.25 bits per heavy atom. The van der Waals surface area contributed by atoms with Crippen LogP contribution in [0.2, 0.25) is 0 Å². The third-order valence-corrected chi connectivity index (χ3v) is 2.15. The van der Waals surface area contributed by atoms with E-state index in [2.05, 4.69) is 9.72 Å². The van der Waals surface area contributed by atoms with Crippen LogP contribution in [0.4, 0.5) is 26.3 Å². The minimum absolute atomic E-state index is 0.616. The normalized spacial score (nSPS) is 12.1. The van der Waals surface area contributed by atoms with Crippen LogP contribution in [0, 0.1) is 11.3 Å². The molecule has 0 aliphatic heterocycles. The second-order valence-electron chi connectivity index (χ2n) is 3.52. The molecule has 0 bridgehead atoms. The van der Waals surface area contributed by atoms with Gasteiger partial charge in [-0.05, 0) is 0 Å². The van der Waals surface area contributed by atoms with Gasteiger partial charge in [0.25, 0.3) is 0 Å². The van der Waals surface area contributed by atoms with Crippen LogP contribution in [0.3, 0.4) is 0 Å². The predicted molar refractivity (Wildman–Crippen MR) is 53.1 cm³/mol. The number of nitriles is 1. The molecule has 0 radical (unpaired) electrons. The first kappa shape index (κ1) is 16.0. The lowest BCUT2D eigenvalue weighted by Gasteiger charge is -2.19. The maximum Gasteiger partial charge on any atom is 0.573 e. The van der Waals surface area contributed by atoms with E-state index in [1.807, 2.05) is 0 Å². The van der Waals surface area contributed by atoms with E-state index in [9.17, 15) is 26.3 Å². The Labute approximate surface area is 108 Å². The van der Waals surface area contributed by atoms with Crippen molar-refractivity contribution >= 4 is 0 Å². The van der Waals surface area contributed by atoms with E-state index in [4.69, 9.17) is 11.0 Å². The summed E-state index contributed by atoms with van der Waals surface area (Å²) in [7, 11) is 0. The van der Waals surface area contributed by atoms with Gasteiger partial charge in [-0.15, -0.1) is 13.2 Å². The van der Waals surface area contributed by atoms with Crippen molar-refractivity contribution in [2.24, 2.45) is 5.73 Å². The number of halogens is 6. The predicted octanol–water partition coefficient (Wildman–Crippen LogP) is 2.52. The average molecular weight is 299 g/mol. The van der Waals surface area contributed by atoms with Crippen LogP contribution >= 0.6 is 0 Å². The Kier molecular flexibility index (Phi) is 4.44. The molecule has 4 nitrogen and oxygen atoms in total. The molecule has 0 aromatic carbocycles. The van der Waals surface area contributed by atoms with Crippen LogP contribution in [-0.2, 0) is 19.1 Å². The van der Waals surface area contributed by atoms with Gasteiger partial charge in [-0.25, -0.2) is 0 Å². The lowest BCUT2D eigenvalue weighted by Crippen LogP contribution is -2.23. The summed E-state index contributed by atoms with van der Waals surface area (Å²) in [6, 6.07) is 1.44. The van der Waals surface area contributed by atoms with Crippen molar-refractivity contribution in [3.8, 4) is 11.8 Å². The van der Waals surface area contributed by atoms with Gasteiger partial charge in [0.2, 0.25) is 0 Å². The lowest BCUT2D eigenvalue weighted by atomic mass is 10.1. The summed E-state index contributed by atoms with van der Waals surface area (Å²) < 4.78 is 78.7. The Hall–Kier alpha value is -2.02. The van der Waals surface area contributed by atoms with Crippen molar-refractivity contribution in [3.05, 3.63) is 23.0 Å². The van der Waals surface area contributed by atoms with Crippen LogP contribution in [0.15, 0.2) is 6.20 Å². The first-order valence-corrected chi connectivity index (χ1v) is 5.01. The van der Waals surface area contributed by atoms with Gasteiger partial charge in [-0.3, -0.25) is 4.98 Å². The molecular weight excluding hydrogens is 292 g/mol. The first-order valence-electron chi connectivity index (χ1n) is 5.01. The van der Waals surface area contributed by atoms with Crippen molar-refractivity contribution in [1.82, 2.24) is 4.98 Å². The zero-order valence-electron chi connectivity index (χ0n) is 9.64. The number of aromatic nitrogens is 1. The van der Waals surface area contributed by atoms with Crippen molar-refractivity contribution in [1.29, 1.82) is 5.26 Å². The van der Waals surface area contributed by atoms with Gasteiger partial charge in [0, 0.05) is 18.3 Å². The molecule has 0 atom stereocenters. The summed E-state index contributed by atoms with van der Waals surface area (Å²) in [4.78, 5) is 3.33. The third kappa shape index (κ3) is 3.74. The molecule has 10 heteroatoms. The molecule has 1 aromatic heterocycles. The molecule has 0 fully saturated rings. The lowest BCUT2D eigenvalue weighted by molar-refractivity contribution is -0.276. The highest BCUT2D eigenvalue weighted by Gasteiger charge is 2.43. The molecule has 1 aromatic rings. The zero-order chi connectivity index (χ0) is 15.6. The molecular formula is C10H7F6N3O. The molecule has 0 saturated heterocycles. The van der Waals surface area contributed by atoms with Crippen molar-refractivity contribution in [3.63, 3.8) is 0 Å². The van der Waals surface area contributed by atoms with E-state index in [1.54, 1.807) is 0 Å². The quantitative estimate of drug-likeness (QED) is 0.870. The van der Waals surface area contributed by atoms with Gasteiger partial charge >= 0.3 is 12.5 Å². The van der Waals surface area contributed by atoms with Crippen LogP contribution in [0.5, 0.6) is 5.75 Å². The SMILES string of the molecule is N#CCc1cnc(CN)c(C(F)(F)F)c1OC(F)(F)F. The minimum Gasteiger partial charge on any atom is -0.405 e. The van der Waals surface area contributed by atoms with Crippen LogP contribution in [-0.4, -0.2) is 11.3 Å². The fourth-order valence-corrected chi connectivity index (χ4v) is 1.46. The standard InChI is InChI=1S/C10H7F6N3O/c11-9(12,13)7-6(3-18)19-4-5(1-2-17)8(7)20-10(14,15)16/h4H,1,3,18H2. The van der Waals surface area contributed by atoms with E-state index >= 15 is 0 Å². The number of ether oxygens (including phenoxy) is 1. The van der Waals surface area contributed by atoms with Gasteiger partial charge in [-0.1, -0.05) is 0 Å². The molecule has 20 heavy (non-hydrogen) atoms. The number of hydrogen-bond donors (Lipinski definition) is 1. The average Bonchev–Trinajstić information content (AvgIpc) is 2.27. The highest BCUT2D eigenvalue weighted by atomic mass is 19.4. The number of rotatable bonds is 3. The third-order valence-electron chi connectivity index (χ3n) is 2.15. The van der Waals surface area contributed by atoms with Crippen LogP contribution in [0.25, 0.3) is 0 Å². The summed E-state index contributed by atoms with van der Waals surface area (Å²) >= 11 is 0. The molecule has 1 heterocycles. The summed E-state index contributed by atoms with van der Waals surface area (Å²) in [6.07, 6.45) is -10.5. The maximum absolute atomic E-state index is 12.9. The van der Waals surface area contributed by atoms with Gasteiger partial charge in [0.1, 0.15) is 11.3 Å². The van der Waals surface area contributed by atoms with Gasteiger partial charge in [-0.2, -0.15) is 18.4 Å². The van der Waals surface area contributed by atoms with Gasteiger partial charge < -0.3 is 10.5 Å². The fraction of sp³-hybridized carbons (Fsp3) is 0.400. The smallest absolute Gasteiger partial charge is 0.405 e. The van der Waals surface area contributed by atoms with Gasteiger partial charge in [0.05, 0.1) is 18.2 Å². The summed E-state index contributed by atoms with van der Waals surface area (Å²) in [5, 5.41) is 8.44. The summed E-state index contributed by atoms with van der Waals surface area (Å²) in [5.41, 5.74) is 1.91. The molecule has 110 valence electrons. The van der Waals surface area contributed by atoms with Crippen molar-refractivity contribution in [2.45, 2.75) is 25.5 Å². The molecule has 1 rings (SSSR count). The largest absolute Gasteiger partial charge is 0.573 e. The number of alkyl halides is 6. The minimum atomic E-state index is -5.34. The number of hydrogen-bond acceptors (Lipinski definition) is 4. The van der Waals surface area contributed by atoms with Crippen LogP contribution in [0.1, 0.15) is 16.8 Å². The Bertz CT molecular complexity index is 532. The molecule has 2 N–H and O–H groups in total. The highest BCUT2D eigenvalue weighted by Crippen LogP contribution is 2.42. The maximum atomic E-state index is 12.9. The van der Waals surface area contributed by atoms with Crippen molar-refractivity contribution < 1.29 is 31.1 Å². The molecule has 0 unspecified atom stereocenters. The number of nitrogens with zero attached hydrogens (tertiary/aromatic N) is 2. The molecule has 0 amide bonds. The van der Waals surface area contributed by atoms with E-state index in [0.717, 1.165) is 0 Å². The van der Waals surface area contributed by atoms with Gasteiger partial charge in [0.15, 0.2) is 0 Å². The van der Waals surface area contributed by atoms with Crippen molar-refractivity contribution in [2.75, 3.05) is 0 Å². The van der Waals surface area contributed by atoms with E-state index in [1.165, 1.54) is 6.07 Å². The zero-order valence-corrected chi connectivity index (χ0v) is 9.64. The Morgan fingerprint density at radius 3 is 2.25 bits per heavy atom. The molecule has 0 saturated carbocycles. The van der Waals surface area contributed by atoms with E-state index < -0.39 is 48.1 Å². The monoisotopic (exact) mass is 299 g/mol. The highest BCUT2D eigenvalue weighted by molar-refractivity contribution is 5.46.